The maximum Gasteiger partial charge on any atom is 0.166 e. The molecule has 0 bridgehead atoms. The quantitative estimate of drug-likeness (QED) is 0.879. The Morgan fingerprint density at radius 3 is 2.79 bits per heavy atom. The molecule has 0 radical (unpaired) electrons. The van der Waals surface area contributed by atoms with Crippen molar-refractivity contribution in [1.29, 1.82) is 0 Å². The van der Waals surface area contributed by atoms with Crippen molar-refractivity contribution in [2.45, 2.75) is 33.0 Å². The molecule has 1 unspecified atom stereocenters. The average molecular weight is 328 g/mol. The van der Waals surface area contributed by atoms with Gasteiger partial charge in [-0.05, 0) is 31.9 Å². The maximum atomic E-state index is 5.68. The molecule has 1 saturated heterocycles. The van der Waals surface area contributed by atoms with Crippen molar-refractivity contribution in [2.75, 3.05) is 25.1 Å². The Morgan fingerprint density at radius 1 is 1.29 bits per heavy atom. The monoisotopic (exact) mass is 328 g/mol. The molecule has 0 aliphatic carbocycles. The van der Waals surface area contributed by atoms with E-state index in [1.807, 2.05) is 32.0 Å². The van der Waals surface area contributed by atoms with Gasteiger partial charge in [0, 0.05) is 42.7 Å². The summed E-state index contributed by atoms with van der Waals surface area (Å²) in [6, 6.07) is 5.80. The van der Waals surface area contributed by atoms with Crippen molar-refractivity contribution in [1.82, 2.24) is 15.0 Å². The summed E-state index contributed by atoms with van der Waals surface area (Å²) in [4.78, 5) is 13.2. The fourth-order valence-electron chi connectivity index (χ4n) is 2.94. The van der Waals surface area contributed by atoms with Crippen LogP contribution in [-0.2, 0) is 9.47 Å². The highest BCUT2D eigenvalue weighted by atomic mass is 16.7. The van der Waals surface area contributed by atoms with Crippen molar-refractivity contribution in [2.24, 2.45) is 5.92 Å². The minimum atomic E-state index is -0.455. The lowest BCUT2D eigenvalue weighted by Crippen LogP contribution is -2.30. The van der Waals surface area contributed by atoms with E-state index in [-0.39, 0.29) is 0 Å². The van der Waals surface area contributed by atoms with E-state index >= 15 is 0 Å². The van der Waals surface area contributed by atoms with E-state index in [1.54, 1.807) is 12.4 Å². The lowest BCUT2D eigenvalue weighted by atomic mass is 10.0. The summed E-state index contributed by atoms with van der Waals surface area (Å²) >= 11 is 0. The van der Waals surface area contributed by atoms with Crippen molar-refractivity contribution >= 4 is 5.82 Å². The molecular formula is C18H24N4O2. The van der Waals surface area contributed by atoms with Gasteiger partial charge in [-0.25, -0.2) is 9.97 Å². The highest BCUT2D eigenvalue weighted by molar-refractivity contribution is 5.56. The van der Waals surface area contributed by atoms with Crippen LogP contribution in [0.1, 0.15) is 26.0 Å². The summed E-state index contributed by atoms with van der Waals surface area (Å²) < 4.78 is 11.4. The van der Waals surface area contributed by atoms with Crippen LogP contribution in [0.3, 0.4) is 0 Å². The van der Waals surface area contributed by atoms with Crippen molar-refractivity contribution in [3.8, 4) is 11.4 Å². The third kappa shape index (κ3) is 4.27. The van der Waals surface area contributed by atoms with Crippen LogP contribution in [0.4, 0.5) is 5.82 Å². The van der Waals surface area contributed by atoms with Crippen molar-refractivity contribution < 1.29 is 9.47 Å². The summed E-state index contributed by atoms with van der Waals surface area (Å²) in [5.74, 6) is 1.45. The molecule has 1 fully saturated rings. The van der Waals surface area contributed by atoms with E-state index < -0.39 is 5.79 Å². The Bertz CT molecular complexity index is 672. The molecule has 128 valence electrons. The number of aryl methyl sites for hydroxylation is 1. The molecule has 6 nitrogen and oxygen atoms in total. The van der Waals surface area contributed by atoms with Crippen LogP contribution in [0.25, 0.3) is 11.4 Å². The molecule has 1 aliphatic heterocycles. The van der Waals surface area contributed by atoms with Crippen LogP contribution in [0.5, 0.6) is 0 Å². The molecule has 2 aromatic heterocycles. The van der Waals surface area contributed by atoms with Gasteiger partial charge in [0.2, 0.25) is 0 Å². The van der Waals surface area contributed by atoms with Gasteiger partial charge in [-0.15, -0.1) is 0 Å². The molecule has 1 N–H and O–H groups in total. The number of rotatable bonds is 6. The number of hydrogen-bond acceptors (Lipinski definition) is 6. The predicted molar refractivity (Wildman–Crippen MR) is 92.6 cm³/mol. The molecule has 0 amide bonds. The van der Waals surface area contributed by atoms with Crippen LogP contribution < -0.4 is 5.32 Å². The number of nitrogens with one attached hydrogen (secondary N) is 1. The van der Waals surface area contributed by atoms with Gasteiger partial charge in [-0.2, -0.15) is 0 Å². The van der Waals surface area contributed by atoms with E-state index in [2.05, 4.69) is 27.2 Å². The second-order valence-corrected chi connectivity index (χ2v) is 6.48. The van der Waals surface area contributed by atoms with Gasteiger partial charge in [0.1, 0.15) is 5.82 Å². The number of pyridine rings is 1. The van der Waals surface area contributed by atoms with Crippen LogP contribution >= 0.6 is 0 Å². The van der Waals surface area contributed by atoms with Gasteiger partial charge in [0.05, 0.1) is 13.2 Å². The van der Waals surface area contributed by atoms with E-state index in [1.165, 1.54) is 0 Å². The number of anilines is 1. The second-order valence-electron chi connectivity index (χ2n) is 6.48. The molecule has 1 aliphatic rings. The number of nitrogens with zero attached hydrogens (tertiary/aromatic N) is 3. The van der Waals surface area contributed by atoms with Gasteiger partial charge in [0.15, 0.2) is 11.6 Å². The Morgan fingerprint density at radius 2 is 2.08 bits per heavy atom. The molecule has 3 rings (SSSR count). The minimum absolute atomic E-state index is 0.394. The molecule has 0 aromatic carbocycles. The molecule has 3 heterocycles. The van der Waals surface area contributed by atoms with E-state index in [0.717, 1.165) is 30.0 Å². The zero-order valence-electron chi connectivity index (χ0n) is 14.5. The SMILES string of the molecule is Cc1cc(NCC(C)CC2(C)OCCO2)nc(-c2cccnc2)n1. The van der Waals surface area contributed by atoms with Gasteiger partial charge in [-0.1, -0.05) is 6.92 Å². The third-order valence-electron chi connectivity index (χ3n) is 4.02. The molecule has 6 heteroatoms. The fraction of sp³-hybridized carbons (Fsp3) is 0.500. The molecule has 2 aromatic rings. The molecule has 0 spiro atoms. The summed E-state index contributed by atoms with van der Waals surface area (Å²) in [5.41, 5.74) is 1.84. The first-order chi connectivity index (χ1) is 11.5. The highest BCUT2D eigenvalue weighted by Gasteiger charge is 2.32. The molecular weight excluding hydrogens is 304 g/mol. The van der Waals surface area contributed by atoms with Crippen LogP contribution in [0.2, 0.25) is 0 Å². The highest BCUT2D eigenvalue weighted by Crippen LogP contribution is 2.26. The standard InChI is InChI=1S/C18H24N4O2/c1-13(10-18(3)23-7-8-24-18)11-20-16-9-14(2)21-17(22-16)15-5-4-6-19-12-15/h4-6,9,12-13H,7-8,10-11H2,1-3H3,(H,20,21,22). The minimum Gasteiger partial charge on any atom is -0.370 e. The van der Waals surface area contributed by atoms with Crippen LogP contribution in [-0.4, -0.2) is 40.5 Å². The molecule has 24 heavy (non-hydrogen) atoms. The smallest absolute Gasteiger partial charge is 0.166 e. The first-order valence-corrected chi connectivity index (χ1v) is 8.32. The zero-order valence-corrected chi connectivity index (χ0v) is 14.5. The molecule has 0 saturated carbocycles. The number of aromatic nitrogens is 3. The van der Waals surface area contributed by atoms with E-state index in [0.29, 0.717) is 25.0 Å². The first kappa shape index (κ1) is 16.8. The first-order valence-electron chi connectivity index (χ1n) is 8.32. The van der Waals surface area contributed by atoms with Crippen LogP contribution in [0.15, 0.2) is 30.6 Å². The van der Waals surface area contributed by atoms with E-state index in [4.69, 9.17) is 9.47 Å². The summed E-state index contributed by atoms with van der Waals surface area (Å²) in [7, 11) is 0. The Kier molecular flexibility index (Phi) is 5.06. The Labute approximate surface area is 142 Å². The van der Waals surface area contributed by atoms with Gasteiger partial charge < -0.3 is 14.8 Å². The van der Waals surface area contributed by atoms with Gasteiger partial charge in [0.25, 0.3) is 0 Å². The maximum absolute atomic E-state index is 5.68. The third-order valence-corrected chi connectivity index (χ3v) is 4.02. The Hall–Kier alpha value is -2.05. The summed E-state index contributed by atoms with van der Waals surface area (Å²) in [5, 5.41) is 3.40. The topological polar surface area (TPSA) is 69.2 Å². The van der Waals surface area contributed by atoms with Crippen molar-refractivity contribution in [3.05, 3.63) is 36.3 Å². The van der Waals surface area contributed by atoms with Crippen LogP contribution in [0, 0.1) is 12.8 Å². The normalized spacial score (nSPS) is 17.6. The fourth-order valence-corrected chi connectivity index (χ4v) is 2.94. The molecule has 1 atom stereocenters. The predicted octanol–water partition coefficient (Wildman–Crippen LogP) is 3.05. The van der Waals surface area contributed by atoms with Crippen molar-refractivity contribution in [3.63, 3.8) is 0 Å². The summed E-state index contributed by atoms with van der Waals surface area (Å²) in [6.07, 6.45) is 4.37. The largest absolute Gasteiger partial charge is 0.370 e. The summed E-state index contributed by atoms with van der Waals surface area (Å²) in [6.45, 7) is 8.31. The van der Waals surface area contributed by atoms with E-state index in [9.17, 15) is 0 Å². The van der Waals surface area contributed by atoms with Gasteiger partial charge >= 0.3 is 0 Å². The second kappa shape index (κ2) is 7.23. The lowest BCUT2D eigenvalue weighted by molar-refractivity contribution is -0.153. The zero-order chi connectivity index (χ0) is 17.0. The number of hydrogen-bond donors (Lipinski definition) is 1. The Balaban J connectivity index is 1.64. The van der Waals surface area contributed by atoms with Gasteiger partial charge in [-0.3, -0.25) is 4.98 Å². The number of ether oxygens (including phenoxy) is 2. The average Bonchev–Trinajstić information content (AvgIpc) is 2.99. The lowest BCUT2D eigenvalue weighted by Gasteiger charge is -2.26.